The number of rotatable bonds is 9. The summed E-state index contributed by atoms with van der Waals surface area (Å²) in [4.78, 5) is 30.3. The molecule has 2 aliphatic rings. The molecule has 246 valence electrons. The lowest BCUT2D eigenvalue weighted by atomic mass is 10.0. The second-order valence-corrected chi connectivity index (χ2v) is 12.4. The van der Waals surface area contributed by atoms with Gasteiger partial charge < -0.3 is 24.4 Å². The summed E-state index contributed by atoms with van der Waals surface area (Å²) in [6.45, 7) is 14.4. The minimum Gasteiger partial charge on any atom is -0.497 e. The molecule has 3 heterocycles. The molecule has 4 aromatic rings. The molecule has 0 spiro atoms. The molecule has 0 radical (unpaired) electrons. The molecule has 1 aromatic heterocycles. The van der Waals surface area contributed by atoms with Crippen LogP contribution in [0.3, 0.4) is 0 Å². The maximum Gasteiger partial charge on any atom is 0.335 e. The highest BCUT2D eigenvalue weighted by Gasteiger charge is 2.37. The Labute approximate surface area is 277 Å². The zero-order valence-corrected chi connectivity index (χ0v) is 28.4. The van der Waals surface area contributed by atoms with Gasteiger partial charge in [-0.15, -0.1) is 0 Å². The first-order valence-electron chi connectivity index (χ1n) is 16.2. The minimum atomic E-state index is -0.219. The Kier molecular flexibility index (Phi) is 9.22. The molecule has 1 saturated heterocycles. The number of hydrogen-bond acceptors (Lipinski definition) is 8. The van der Waals surface area contributed by atoms with Gasteiger partial charge in [-0.1, -0.05) is 18.2 Å². The molecule has 2 aliphatic heterocycles. The van der Waals surface area contributed by atoms with Crippen LogP contribution in [0.15, 0.2) is 54.7 Å². The van der Waals surface area contributed by atoms with Gasteiger partial charge in [0.05, 0.1) is 38.2 Å². The zero-order valence-electron chi connectivity index (χ0n) is 28.4. The fraction of sp³-hybridized carbons (Fsp3) is 0.378. The number of fused-ring (bicyclic) bond motifs is 1. The number of ether oxygens (including phenoxy) is 3. The number of aromatic nitrogens is 2. The number of amides is 2. The van der Waals surface area contributed by atoms with Gasteiger partial charge in [0.15, 0.2) is 0 Å². The standard InChI is InChI=1S/C37H44N6O4/c1-23(2)47-32-20-31(41-15-13-38-14-16-41)26(5)17-27(32)18-34-39-21-28-22-42(35-24(3)9-8-10-25(35)4)37(44)43(36(28)40-34)30-12-11-29(45-6)19-33(30)46-7/h8-12,17,19-21,23,38H,13-16,18,22H2,1-7H3. The van der Waals surface area contributed by atoms with E-state index in [9.17, 15) is 4.79 Å². The Morgan fingerprint density at radius 1 is 0.894 bits per heavy atom. The van der Waals surface area contributed by atoms with Crippen LogP contribution < -0.4 is 34.2 Å². The molecule has 47 heavy (non-hydrogen) atoms. The van der Waals surface area contributed by atoms with Crippen LogP contribution in [0, 0.1) is 20.8 Å². The first-order valence-corrected chi connectivity index (χ1v) is 16.2. The molecule has 0 saturated carbocycles. The predicted molar refractivity (Wildman–Crippen MR) is 186 cm³/mol. The summed E-state index contributed by atoms with van der Waals surface area (Å²) in [5, 5.41) is 3.43. The third-order valence-electron chi connectivity index (χ3n) is 8.74. The van der Waals surface area contributed by atoms with E-state index in [2.05, 4.69) is 29.3 Å². The lowest BCUT2D eigenvalue weighted by molar-refractivity contribution is 0.240. The molecule has 1 fully saturated rings. The first kappa shape index (κ1) is 32.1. The van der Waals surface area contributed by atoms with Crippen LogP contribution in [0.4, 0.5) is 27.7 Å². The normalized spacial score (nSPS) is 14.8. The molecule has 2 amide bonds. The van der Waals surface area contributed by atoms with Gasteiger partial charge in [0.2, 0.25) is 0 Å². The van der Waals surface area contributed by atoms with Crippen LogP contribution in [-0.2, 0) is 13.0 Å². The van der Waals surface area contributed by atoms with E-state index in [1.54, 1.807) is 30.1 Å². The largest absolute Gasteiger partial charge is 0.497 e. The fourth-order valence-corrected chi connectivity index (χ4v) is 6.52. The van der Waals surface area contributed by atoms with Crippen molar-refractivity contribution in [2.75, 3.05) is 55.1 Å². The van der Waals surface area contributed by atoms with E-state index in [1.807, 2.05) is 64.2 Å². The van der Waals surface area contributed by atoms with Crippen LogP contribution in [0.5, 0.6) is 17.2 Å². The summed E-state index contributed by atoms with van der Waals surface area (Å²) in [5.74, 6) is 3.08. The fourth-order valence-electron chi connectivity index (χ4n) is 6.52. The average molecular weight is 637 g/mol. The van der Waals surface area contributed by atoms with E-state index >= 15 is 0 Å². The van der Waals surface area contributed by atoms with Crippen LogP contribution in [-0.4, -0.2) is 62.5 Å². The van der Waals surface area contributed by atoms with Crippen molar-refractivity contribution in [2.45, 2.75) is 53.7 Å². The number of benzene rings is 3. The maximum atomic E-state index is 14.6. The monoisotopic (exact) mass is 636 g/mol. The summed E-state index contributed by atoms with van der Waals surface area (Å²) in [6.07, 6.45) is 2.29. The number of aryl methyl sites for hydroxylation is 3. The highest BCUT2D eigenvalue weighted by Crippen LogP contribution is 2.42. The lowest BCUT2D eigenvalue weighted by Gasteiger charge is -2.37. The summed E-state index contributed by atoms with van der Waals surface area (Å²) < 4.78 is 17.6. The van der Waals surface area contributed by atoms with Crippen molar-refractivity contribution in [3.8, 4) is 17.2 Å². The molecular weight excluding hydrogens is 592 g/mol. The average Bonchev–Trinajstić information content (AvgIpc) is 3.06. The van der Waals surface area contributed by atoms with Gasteiger partial charge in [-0.2, -0.15) is 0 Å². The molecule has 10 nitrogen and oxygen atoms in total. The number of nitrogens with one attached hydrogen (secondary N) is 1. The van der Waals surface area contributed by atoms with Crippen LogP contribution in [0.2, 0.25) is 0 Å². The molecule has 6 rings (SSSR count). The number of piperazine rings is 1. The van der Waals surface area contributed by atoms with Crippen molar-refractivity contribution in [2.24, 2.45) is 0 Å². The number of carbonyl (C=O) groups excluding carboxylic acids is 1. The summed E-state index contributed by atoms with van der Waals surface area (Å²) >= 11 is 0. The van der Waals surface area contributed by atoms with Crippen molar-refractivity contribution in [1.29, 1.82) is 0 Å². The Morgan fingerprint density at radius 3 is 2.32 bits per heavy atom. The summed E-state index contributed by atoms with van der Waals surface area (Å²) in [5.41, 5.74) is 7.67. The maximum absolute atomic E-state index is 14.6. The number of urea groups is 1. The third kappa shape index (κ3) is 6.42. The number of anilines is 4. The number of nitrogens with zero attached hydrogens (tertiary/aromatic N) is 5. The molecule has 3 aromatic carbocycles. The Balaban J connectivity index is 1.44. The van der Waals surface area contributed by atoms with Gasteiger partial charge in [-0.25, -0.2) is 19.7 Å². The Morgan fingerprint density at radius 2 is 1.64 bits per heavy atom. The summed E-state index contributed by atoms with van der Waals surface area (Å²) in [7, 11) is 3.19. The Bertz CT molecular complexity index is 1770. The molecule has 0 aliphatic carbocycles. The number of para-hydroxylation sites is 1. The molecule has 0 unspecified atom stereocenters. The molecule has 1 N–H and O–H groups in total. The van der Waals surface area contributed by atoms with E-state index in [0.29, 0.717) is 41.8 Å². The topological polar surface area (TPSA) is 92.3 Å². The second-order valence-electron chi connectivity index (χ2n) is 12.4. The lowest BCUT2D eigenvalue weighted by Crippen LogP contribution is -2.46. The second kappa shape index (κ2) is 13.5. The molecule has 0 atom stereocenters. The molecular formula is C37H44N6O4. The highest BCUT2D eigenvalue weighted by atomic mass is 16.5. The zero-order chi connectivity index (χ0) is 33.2. The van der Waals surface area contributed by atoms with E-state index < -0.39 is 0 Å². The van der Waals surface area contributed by atoms with Crippen LogP contribution in [0.25, 0.3) is 0 Å². The first-order chi connectivity index (χ1) is 22.7. The van der Waals surface area contributed by atoms with Crippen molar-refractivity contribution in [3.63, 3.8) is 0 Å². The van der Waals surface area contributed by atoms with Crippen LogP contribution >= 0.6 is 0 Å². The minimum absolute atomic E-state index is 0.00307. The predicted octanol–water partition coefficient (Wildman–Crippen LogP) is 6.48. The van der Waals surface area contributed by atoms with E-state index in [4.69, 9.17) is 24.2 Å². The highest BCUT2D eigenvalue weighted by molar-refractivity contribution is 6.11. The number of methoxy groups -OCH3 is 2. The number of carbonyl (C=O) groups is 1. The quantitative estimate of drug-likeness (QED) is 0.223. The van der Waals surface area contributed by atoms with E-state index in [0.717, 1.165) is 59.9 Å². The van der Waals surface area contributed by atoms with Gasteiger partial charge in [0.1, 0.15) is 28.9 Å². The van der Waals surface area contributed by atoms with Crippen molar-refractivity contribution < 1.29 is 19.0 Å². The van der Waals surface area contributed by atoms with E-state index in [1.165, 1.54) is 11.3 Å². The van der Waals surface area contributed by atoms with Gasteiger partial charge in [0, 0.05) is 67.7 Å². The van der Waals surface area contributed by atoms with Gasteiger partial charge >= 0.3 is 6.03 Å². The van der Waals surface area contributed by atoms with Gasteiger partial charge in [-0.05, 0) is 69.5 Å². The molecule has 10 heteroatoms. The van der Waals surface area contributed by atoms with Crippen molar-refractivity contribution in [1.82, 2.24) is 15.3 Å². The van der Waals surface area contributed by atoms with Crippen molar-refractivity contribution in [3.05, 3.63) is 88.4 Å². The van der Waals surface area contributed by atoms with Crippen LogP contribution in [0.1, 0.15) is 47.5 Å². The van der Waals surface area contributed by atoms with Gasteiger partial charge in [-0.3, -0.25) is 4.90 Å². The van der Waals surface area contributed by atoms with Gasteiger partial charge in [0.25, 0.3) is 0 Å². The van der Waals surface area contributed by atoms with Crippen molar-refractivity contribution >= 4 is 28.9 Å². The smallest absolute Gasteiger partial charge is 0.335 e. The third-order valence-corrected chi connectivity index (χ3v) is 8.74. The Hall–Kier alpha value is -4.83. The van der Waals surface area contributed by atoms with E-state index in [-0.39, 0.29) is 12.1 Å². The number of hydrogen-bond donors (Lipinski definition) is 1. The molecule has 0 bridgehead atoms. The summed E-state index contributed by atoms with van der Waals surface area (Å²) in [6, 6.07) is 15.6. The SMILES string of the molecule is COc1ccc(N2C(=O)N(c3c(C)cccc3C)Cc3cnc(Cc4cc(C)c(N5CCNCC5)cc4OC(C)C)nc32)c(OC)c1.